The minimum absolute atomic E-state index is 0.599. The predicted molar refractivity (Wildman–Crippen MR) is 236 cm³/mol. The lowest BCUT2D eigenvalue weighted by Crippen LogP contribution is -2.00. The van der Waals surface area contributed by atoms with Crippen LogP contribution in [0.15, 0.2) is 186 Å². The van der Waals surface area contributed by atoms with E-state index in [1.165, 1.54) is 47.7 Å². The molecule has 8 aromatic carbocycles. The highest BCUT2D eigenvalue weighted by Crippen LogP contribution is 2.42. The van der Waals surface area contributed by atoms with Gasteiger partial charge in [-0.25, -0.2) is 15.0 Å². The number of nitrogens with zero attached hydrogens (tertiary/aromatic N) is 4. The number of hydrogen-bond acceptors (Lipinski definition) is 5. The third-order valence-electron chi connectivity index (χ3n) is 11.1. The van der Waals surface area contributed by atoms with Crippen molar-refractivity contribution in [1.29, 1.82) is 0 Å². The molecule has 6 heteroatoms. The van der Waals surface area contributed by atoms with Crippen molar-refractivity contribution in [3.8, 4) is 51.0 Å². The second-order valence-electron chi connectivity index (χ2n) is 14.4. The van der Waals surface area contributed by atoms with Gasteiger partial charge in [0.15, 0.2) is 17.5 Å². The van der Waals surface area contributed by atoms with Gasteiger partial charge in [0.05, 0.1) is 11.0 Å². The minimum Gasteiger partial charge on any atom is -0.456 e. The van der Waals surface area contributed by atoms with Crippen molar-refractivity contribution < 1.29 is 4.42 Å². The molecule has 266 valence electrons. The summed E-state index contributed by atoms with van der Waals surface area (Å²) < 4.78 is 11.5. The zero-order valence-electron chi connectivity index (χ0n) is 30.4. The average Bonchev–Trinajstić information content (AvgIpc) is 3.95. The molecule has 12 rings (SSSR count). The van der Waals surface area contributed by atoms with E-state index in [4.69, 9.17) is 19.4 Å². The van der Waals surface area contributed by atoms with E-state index < -0.39 is 0 Å². The second-order valence-corrected chi connectivity index (χ2v) is 15.5. The van der Waals surface area contributed by atoms with Crippen LogP contribution in [0.5, 0.6) is 0 Å². The smallest absolute Gasteiger partial charge is 0.164 e. The summed E-state index contributed by atoms with van der Waals surface area (Å²) in [5.41, 5.74) is 10.3. The number of thiophene rings is 1. The van der Waals surface area contributed by atoms with Crippen molar-refractivity contribution in [2.24, 2.45) is 0 Å². The van der Waals surface area contributed by atoms with Crippen LogP contribution in [0.3, 0.4) is 0 Å². The molecule has 57 heavy (non-hydrogen) atoms. The summed E-state index contributed by atoms with van der Waals surface area (Å²) in [6, 6.07) is 63.9. The number of aromatic nitrogens is 4. The van der Waals surface area contributed by atoms with E-state index in [2.05, 4.69) is 126 Å². The molecule has 4 aromatic heterocycles. The summed E-state index contributed by atoms with van der Waals surface area (Å²) in [6.45, 7) is 0. The first-order valence-corrected chi connectivity index (χ1v) is 19.8. The molecule has 5 nitrogen and oxygen atoms in total. The fraction of sp³-hybridized carbons (Fsp3) is 0. The molecule has 0 aliphatic heterocycles. The first kappa shape index (κ1) is 31.9. The van der Waals surface area contributed by atoms with Gasteiger partial charge in [0.1, 0.15) is 11.2 Å². The van der Waals surface area contributed by atoms with E-state index in [1.807, 2.05) is 72.0 Å². The molecule has 0 atom stereocenters. The van der Waals surface area contributed by atoms with Gasteiger partial charge in [-0.1, -0.05) is 127 Å². The first-order valence-electron chi connectivity index (χ1n) is 19.0. The number of fused-ring (bicyclic) bond motifs is 9. The Morgan fingerprint density at radius 2 is 1.00 bits per heavy atom. The van der Waals surface area contributed by atoms with Crippen LogP contribution >= 0.6 is 11.3 Å². The lowest BCUT2D eigenvalue weighted by molar-refractivity contribution is 0.669. The Labute approximate surface area is 330 Å². The topological polar surface area (TPSA) is 56.7 Å². The Hall–Kier alpha value is -7.41. The molecule has 0 N–H and O–H groups in total. The summed E-state index contributed by atoms with van der Waals surface area (Å²) in [6.07, 6.45) is 0. The van der Waals surface area contributed by atoms with E-state index in [9.17, 15) is 0 Å². The highest BCUT2D eigenvalue weighted by atomic mass is 32.1. The quantitative estimate of drug-likeness (QED) is 0.176. The predicted octanol–water partition coefficient (Wildman–Crippen LogP) is 13.9. The van der Waals surface area contributed by atoms with Gasteiger partial charge in [-0.05, 0) is 65.7 Å². The third-order valence-corrected chi connectivity index (χ3v) is 12.2. The first-order chi connectivity index (χ1) is 28.2. The van der Waals surface area contributed by atoms with Gasteiger partial charge in [0.25, 0.3) is 0 Å². The Bertz CT molecular complexity index is 3420. The lowest BCUT2D eigenvalue weighted by atomic mass is 9.98. The van der Waals surface area contributed by atoms with Gasteiger partial charge in [-0.15, -0.1) is 11.3 Å². The molecule has 12 aromatic rings. The molecule has 0 spiro atoms. The van der Waals surface area contributed by atoms with Crippen LogP contribution in [-0.4, -0.2) is 19.5 Å². The number of rotatable bonds is 5. The van der Waals surface area contributed by atoms with Crippen molar-refractivity contribution in [2.45, 2.75) is 0 Å². The maximum Gasteiger partial charge on any atom is 0.164 e. The maximum atomic E-state index is 6.58. The summed E-state index contributed by atoms with van der Waals surface area (Å²) in [5.74, 6) is 1.86. The van der Waals surface area contributed by atoms with E-state index in [-0.39, 0.29) is 0 Å². The van der Waals surface area contributed by atoms with Crippen molar-refractivity contribution in [3.05, 3.63) is 182 Å². The van der Waals surface area contributed by atoms with Crippen LogP contribution in [0.4, 0.5) is 0 Å². The summed E-state index contributed by atoms with van der Waals surface area (Å²) in [7, 11) is 0. The molecule has 0 bridgehead atoms. The number of para-hydroxylation sites is 2. The fourth-order valence-electron chi connectivity index (χ4n) is 8.42. The van der Waals surface area contributed by atoms with Crippen molar-refractivity contribution in [3.63, 3.8) is 0 Å². The largest absolute Gasteiger partial charge is 0.456 e. The summed E-state index contributed by atoms with van der Waals surface area (Å²) >= 11 is 1.84. The number of hydrogen-bond donors (Lipinski definition) is 0. The number of furan rings is 1. The SMILES string of the molecule is c1ccc(-c2nc(-c3ccccc3)nc(-c3ccc4c(c3)oc3cccc(-c5ccc6c(c5)sc5ccc(-n7c8ccccc8c8ccccc87)cc56)c34)n2)cc1. The molecule has 0 saturated heterocycles. The van der Waals surface area contributed by atoms with Gasteiger partial charge in [0.2, 0.25) is 0 Å². The van der Waals surface area contributed by atoms with Crippen LogP contribution in [0, 0.1) is 0 Å². The zero-order chi connectivity index (χ0) is 37.5. The van der Waals surface area contributed by atoms with Crippen LogP contribution < -0.4 is 0 Å². The van der Waals surface area contributed by atoms with Crippen LogP contribution in [-0.2, 0) is 0 Å². The molecule has 0 amide bonds. The van der Waals surface area contributed by atoms with E-state index >= 15 is 0 Å². The van der Waals surface area contributed by atoms with Crippen molar-refractivity contribution in [1.82, 2.24) is 19.5 Å². The Kier molecular flexibility index (Phi) is 7.03. The van der Waals surface area contributed by atoms with Gasteiger partial charge in [-0.3, -0.25) is 0 Å². The molecule has 0 aliphatic rings. The molecule has 0 saturated carbocycles. The lowest BCUT2D eigenvalue weighted by Gasteiger charge is -2.08. The van der Waals surface area contributed by atoms with Gasteiger partial charge >= 0.3 is 0 Å². The average molecular weight is 747 g/mol. The maximum absolute atomic E-state index is 6.58. The molecule has 4 heterocycles. The Morgan fingerprint density at radius 1 is 0.386 bits per heavy atom. The fourth-order valence-corrected chi connectivity index (χ4v) is 9.54. The van der Waals surface area contributed by atoms with Gasteiger partial charge in [0, 0.05) is 64.1 Å². The summed E-state index contributed by atoms with van der Waals surface area (Å²) in [4.78, 5) is 14.8. The molecule has 0 radical (unpaired) electrons. The normalized spacial score (nSPS) is 11.9. The highest BCUT2D eigenvalue weighted by Gasteiger charge is 2.18. The van der Waals surface area contributed by atoms with Crippen molar-refractivity contribution >= 4 is 75.3 Å². The monoisotopic (exact) mass is 746 g/mol. The van der Waals surface area contributed by atoms with Crippen LogP contribution in [0.2, 0.25) is 0 Å². The molecular weight excluding hydrogens is 717 g/mol. The number of benzene rings is 8. The van der Waals surface area contributed by atoms with E-state index in [0.29, 0.717) is 17.5 Å². The Morgan fingerprint density at radius 3 is 1.70 bits per heavy atom. The van der Waals surface area contributed by atoms with Gasteiger partial charge in [-0.2, -0.15) is 0 Å². The summed E-state index contributed by atoms with van der Waals surface area (Å²) in [5, 5.41) is 7.22. The standard InChI is InChI=1S/C51H30N4OS/c1-3-12-31(13-4-1)49-52-50(32-14-5-2-6-15-32)54-51(53-49)34-23-26-40-45(28-34)56-44-21-11-18-36(48(40)44)33-22-25-39-41-30-35(24-27-46(41)57-47(39)29-33)55-42-19-9-7-16-37(42)38-17-8-10-20-43(38)55/h1-30H. The van der Waals surface area contributed by atoms with Crippen LogP contribution in [0.1, 0.15) is 0 Å². The van der Waals surface area contributed by atoms with E-state index in [1.54, 1.807) is 0 Å². The second kappa shape index (κ2) is 12.6. The zero-order valence-corrected chi connectivity index (χ0v) is 31.2. The van der Waals surface area contributed by atoms with E-state index in [0.717, 1.165) is 49.8 Å². The Balaban J connectivity index is 0.961. The van der Waals surface area contributed by atoms with Gasteiger partial charge < -0.3 is 8.98 Å². The van der Waals surface area contributed by atoms with Crippen molar-refractivity contribution in [2.75, 3.05) is 0 Å². The molecule has 0 fully saturated rings. The molecular formula is C51H30N4OS. The van der Waals surface area contributed by atoms with Crippen LogP contribution in [0.25, 0.3) is 115 Å². The third kappa shape index (κ3) is 5.12. The minimum atomic E-state index is 0.599. The molecule has 0 unspecified atom stereocenters. The molecule has 0 aliphatic carbocycles. The highest BCUT2D eigenvalue weighted by molar-refractivity contribution is 7.25.